The van der Waals surface area contributed by atoms with Crippen LogP contribution in [0.5, 0.6) is 0 Å². The first-order valence-electron chi connectivity index (χ1n) is 5.32. The lowest BCUT2D eigenvalue weighted by atomic mass is 10.3. The molecule has 2 rings (SSSR count). The summed E-state index contributed by atoms with van der Waals surface area (Å²) in [6.07, 6.45) is 7.16. The summed E-state index contributed by atoms with van der Waals surface area (Å²) in [5.74, 6) is 0. The SMILES string of the molecule is CC(C)n1cncc1Cn1ccn(C)c1=O. The normalized spacial score (nSPS) is 11.2. The molecule has 5 heteroatoms. The fraction of sp³-hybridized carbons (Fsp3) is 0.455. The lowest BCUT2D eigenvalue weighted by molar-refractivity contribution is 0.556. The molecular formula is C11H16N4O. The quantitative estimate of drug-likeness (QED) is 0.775. The van der Waals surface area contributed by atoms with Crippen molar-refractivity contribution in [1.82, 2.24) is 18.7 Å². The van der Waals surface area contributed by atoms with Crippen LogP contribution in [0.2, 0.25) is 0 Å². The van der Waals surface area contributed by atoms with E-state index in [2.05, 4.69) is 23.4 Å². The lowest BCUT2D eigenvalue weighted by Crippen LogP contribution is -2.23. The zero-order valence-corrected chi connectivity index (χ0v) is 9.79. The maximum atomic E-state index is 11.7. The minimum absolute atomic E-state index is 0.00324. The summed E-state index contributed by atoms with van der Waals surface area (Å²) in [6.45, 7) is 4.76. The second-order valence-electron chi connectivity index (χ2n) is 4.21. The van der Waals surface area contributed by atoms with Crippen LogP contribution in [0.4, 0.5) is 0 Å². The van der Waals surface area contributed by atoms with Crippen LogP contribution >= 0.6 is 0 Å². The molecule has 0 aliphatic carbocycles. The molecule has 0 saturated heterocycles. The monoisotopic (exact) mass is 220 g/mol. The van der Waals surface area contributed by atoms with Crippen LogP contribution in [0.1, 0.15) is 25.6 Å². The largest absolute Gasteiger partial charge is 0.330 e. The summed E-state index contributed by atoms with van der Waals surface area (Å²) in [4.78, 5) is 15.8. The summed E-state index contributed by atoms with van der Waals surface area (Å²) in [5.41, 5.74) is 1.04. The zero-order chi connectivity index (χ0) is 11.7. The van der Waals surface area contributed by atoms with Gasteiger partial charge in [0.2, 0.25) is 0 Å². The van der Waals surface area contributed by atoms with Crippen molar-refractivity contribution in [1.29, 1.82) is 0 Å². The first-order chi connectivity index (χ1) is 7.59. The molecule has 5 nitrogen and oxygen atoms in total. The number of imidazole rings is 2. The second-order valence-corrected chi connectivity index (χ2v) is 4.21. The van der Waals surface area contributed by atoms with Crippen molar-refractivity contribution in [2.45, 2.75) is 26.4 Å². The Labute approximate surface area is 94.0 Å². The zero-order valence-electron chi connectivity index (χ0n) is 9.79. The van der Waals surface area contributed by atoms with E-state index in [1.807, 2.05) is 0 Å². The number of aromatic nitrogens is 4. The van der Waals surface area contributed by atoms with E-state index in [1.54, 1.807) is 41.1 Å². The van der Waals surface area contributed by atoms with Crippen LogP contribution in [0, 0.1) is 0 Å². The van der Waals surface area contributed by atoms with Crippen molar-refractivity contribution in [2.24, 2.45) is 7.05 Å². The molecule has 0 aliphatic heterocycles. The fourth-order valence-corrected chi connectivity index (χ4v) is 1.72. The van der Waals surface area contributed by atoms with Gasteiger partial charge in [0.25, 0.3) is 0 Å². The first-order valence-corrected chi connectivity index (χ1v) is 5.32. The number of hydrogen-bond donors (Lipinski definition) is 0. The van der Waals surface area contributed by atoms with E-state index in [9.17, 15) is 4.79 Å². The van der Waals surface area contributed by atoms with Gasteiger partial charge in [-0.1, -0.05) is 0 Å². The minimum atomic E-state index is -0.00324. The highest BCUT2D eigenvalue weighted by atomic mass is 16.1. The molecule has 16 heavy (non-hydrogen) atoms. The summed E-state index contributed by atoms with van der Waals surface area (Å²) in [5, 5.41) is 0. The maximum Gasteiger partial charge on any atom is 0.328 e. The van der Waals surface area contributed by atoms with Crippen molar-refractivity contribution < 1.29 is 0 Å². The van der Waals surface area contributed by atoms with Crippen LogP contribution in [-0.4, -0.2) is 18.7 Å². The Kier molecular flexibility index (Phi) is 2.68. The van der Waals surface area contributed by atoms with Gasteiger partial charge in [-0.05, 0) is 13.8 Å². The molecule has 0 saturated carbocycles. The molecule has 86 valence electrons. The molecule has 0 unspecified atom stereocenters. The third-order valence-electron chi connectivity index (χ3n) is 2.65. The summed E-state index contributed by atoms with van der Waals surface area (Å²) >= 11 is 0. The molecule has 2 heterocycles. The van der Waals surface area contributed by atoms with Crippen molar-refractivity contribution in [3.63, 3.8) is 0 Å². The molecule has 2 aromatic rings. The number of nitrogens with zero attached hydrogens (tertiary/aromatic N) is 4. The van der Waals surface area contributed by atoms with Gasteiger partial charge in [0.15, 0.2) is 0 Å². The molecule has 0 fully saturated rings. The topological polar surface area (TPSA) is 44.8 Å². The van der Waals surface area contributed by atoms with Gasteiger partial charge >= 0.3 is 5.69 Å². The first kappa shape index (κ1) is 10.7. The number of rotatable bonds is 3. The highest BCUT2D eigenvalue weighted by Gasteiger charge is 2.07. The van der Waals surface area contributed by atoms with Gasteiger partial charge in [-0.2, -0.15) is 0 Å². The van der Waals surface area contributed by atoms with Gasteiger partial charge in [-0.25, -0.2) is 9.78 Å². The lowest BCUT2D eigenvalue weighted by Gasteiger charge is -2.11. The Morgan fingerprint density at radius 2 is 2.12 bits per heavy atom. The molecule has 0 aliphatic rings. The Morgan fingerprint density at radius 1 is 1.38 bits per heavy atom. The van der Waals surface area contributed by atoms with Gasteiger partial charge in [0, 0.05) is 31.7 Å². The molecule has 2 aromatic heterocycles. The van der Waals surface area contributed by atoms with Crippen molar-refractivity contribution in [3.05, 3.63) is 41.1 Å². The minimum Gasteiger partial charge on any atom is -0.330 e. The van der Waals surface area contributed by atoms with E-state index in [0.717, 1.165) is 5.69 Å². The Balaban J connectivity index is 2.31. The van der Waals surface area contributed by atoms with Gasteiger partial charge in [-0.15, -0.1) is 0 Å². The summed E-state index contributed by atoms with van der Waals surface area (Å²) in [7, 11) is 1.75. The molecule has 0 amide bonds. The van der Waals surface area contributed by atoms with Crippen molar-refractivity contribution in [2.75, 3.05) is 0 Å². The highest BCUT2D eigenvalue weighted by Crippen LogP contribution is 2.09. The van der Waals surface area contributed by atoms with Crippen molar-refractivity contribution >= 4 is 0 Å². The third-order valence-corrected chi connectivity index (χ3v) is 2.65. The van der Waals surface area contributed by atoms with Gasteiger partial charge in [-0.3, -0.25) is 4.57 Å². The Bertz CT molecular complexity index is 532. The van der Waals surface area contributed by atoms with E-state index >= 15 is 0 Å². The Hall–Kier alpha value is -1.78. The predicted octanol–water partition coefficient (Wildman–Crippen LogP) is 1.01. The van der Waals surface area contributed by atoms with Gasteiger partial charge in [0.05, 0.1) is 18.6 Å². The van der Waals surface area contributed by atoms with E-state index in [0.29, 0.717) is 12.6 Å². The summed E-state index contributed by atoms with van der Waals surface area (Å²) < 4.78 is 5.31. The molecule has 0 radical (unpaired) electrons. The molecular weight excluding hydrogens is 204 g/mol. The van der Waals surface area contributed by atoms with Crippen LogP contribution in [-0.2, 0) is 13.6 Å². The molecule has 0 aromatic carbocycles. The third kappa shape index (κ3) is 1.80. The van der Waals surface area contributed by atoms with Crippen LogP contribution in [0.15, 0.2) is 29.7 Å². The average Bonchev–Trinajstić information content (AvgIpc) is 2.80. The molecule has 0 bridgehead atoms. The van der Waals surface area contributed by atoms with Gasteiger partial charge in [0.1, 0.15) is 0 Å². The van der Waals surface area contributed by atoms with Crippen LogP contribution in [0.3, 0.4) is 0 Å². The average molecular weight is 220 g/mol. The summed E-state index contributed by atoms with van der Waals surface area (Å²) in [6, 6.07) is 0.358. The molecule has 0 N–H and O–H groups in total. The second kappa shape index (κ2) is 4.00. The predicted molar refractivity (Wildman–Crippen MR) is 61.4 cm³/mol. The fourth-order valence-electron chi connectivity index (χ4n) is 1.72. The highest BCUT2D eigenvalue weighted by molar-refractivity contribution is 5.01. The Morgan fingerprint density at radius 3 is 2.69 bits per heavy atom. The van der Waals surface area contributed by atoms with E-state index < -0.39 is 0 Å². The standard InChI is InChI=1S/C11H16N4O/c1-9(2)15-8-12-6-10(15)7-14-5-4-13(3)11(14)16/h4-6,8-9H,7H2,1-3H3. The van der Waals surface area contributed by atoms with Gasteiger partial charge < -0.3 is 9.13 Å². The van der Waals surface area contributed by atoms with E-state index in [1.165, 1.54) is 0 Å². The number of aryl methyl sites for hydroxylation is 1. The van der Waals surface area contributed by atoms with Crippen LogP contribution < -0.4 is 5.69 Å². The molecule has 0 spiro atoms. The number of hydrogen-bond acceptors (Lipinski definition) is 2. The molecule has 0 atom stereocenters. The smallest absolute Gasteiger partial charge is 0.328 e. The van der Waals surface area contributed by atoms with E-state index in [4.69, 9.17) is 0 Å². The van der Waals surface area contributed by atoms with Crippen molar-refractivity contribution in [3.8, 4) is 0 Å². The van der Waals surface area contributed by atoms with E-state index in [-0.39, 0.29) is 5.69 Å². The maximum absolute atomic E-state index is 11.7. The van der Waals surface area contributed by atoms with Crippen LogP contribution in [0.25, 0.3) is 0 Å².